The summed E-state index contributed by atoms with van der Waals surface area (Å²) in [5.74, 6) is 0.553. The van der Waals surface area contributed by atoms with Crippen molar-refractivity contribution >= 4 is 22.6 Å². The van der Waals surface area contributed by atoms with Crippen LogP contribution in [-0.4, -0.2) is 27.0 Å². The lowest BCUT2D eigenvalue weighted by atomic mass is 10.1. The second kappa shape index (κ2) is 8.14. The van der Waals surface area contributed by atoms with Crippen LogP contribution >= 0.6 is 0 Å². The number of nitrogens with one attached hydrogen (secondary N) is 2. The van der Waals surface area contributed by atoms with Crippen LogP contribution in [0.1, 0.15) is 55.1 Å². The van der Waals surface area contributed by atoms with Crippen molar-refractivity contribution in [2.75, 3.05) is 11.9 Å². The minimum atomic E-state index is -0.603. The van der Waals surface area contributed by atoms with Gasteiger partial charge in [-0.05, 0) is 56.5 Å². The highest BCUT2D eigenvalue weighted by Gasteiger charge is 2.28. The summed E-state index contributed by atoms with van der Waals surface area (Å²) in [6.45, 7) is 4.80. The Hall–Kier alpha value is -3.42. The molecule has 1 saturated carbocycles. The monoisotopic (exact) mass is 408 g/mol. The molecular formula is C22H24N4O4. The molecule has 0 spiro atoms. The fourth-order valence-corrected chi connectivity index (χ4v) is 3.49. The predicted molar refractivity (Wildman–Crippen MR) is 114 cm³/mol. The van der Waals surface area contributed by atoms with Gasteiger partial charge < -0.3 is 10.1 Å². The van der Waals surface area contributed by atoms with Gasteiger partial charge in [-0.2, -0.15) is 0 Å². The Morgan fingerprint density at radius 3 is 2.60 bits per heavy atom. The highest BCUT2D eigenvalue weighted by atomic mass is 16.5. The number of aromatic nitrogens is 3. The SMILES string of the molecule is CCCn1c(=O)[nH]c(=O)c2c(C(=O)Nc3ccc(OCC)cc3)cc(C3CC3)nc21. The van der Waals surface area contributed by atoms with Gasteiger partial charge in [-0.15, -0.1) is 0 Å². The number of carbonyl (C=O) groups excluding carboxylic acids is 1. The standard InChI is InChI=1S/C22H24N4O4/c1-3-11-26-19-18(21(28)25-22(26)29)16(12-17(24-19)13-5-6-13)20(27)23-14-7-9-15(10-8-14)30-4-2/h7-10,12-13H,3-6,11H2,1-2H3,(H,23,27)(H,25,28,29). The van der Waals surface area contributed by atoms with E-state index in [1.165, 1.54) is 4.57 Å². The Balaban J connectivity index is 1.80. The van der Waals surface area contributed by atoms with E-state index >= 15 is 0 Å². The molecule has 2 aromatic heterocycles. The first kappa shape index (κ1) is 19.9. The Morgan fingerprint density at radius 2 is 1.97 bits per heavy atom. The molecule has 156 valence electrons. The van der Waals surface area contributed by atoms with Gasteiger partial charge in [0.05, 0.1) is 17.6 Å². The van der Waals surface area contributed by atoms with Gasteiger partial charge in [0.15, 0.2) is 5.65 Å². The average molecular weight is 408 g/mol. The molecule has 30 heavy (non-hydrogen) atoms. The molecule has 0 aliphatic heterocycles. The van der Waals surface area contributed by atoms with E-state index in [4.69, 9.17) is 4.74 Å². The summed E-state index contributed by atoms with van der Waals surface area (Å²) in [6, 6.07) is 8.70. The number of aromatic amines is 1. The maximum Gasteiger partial charge on any atom is 0.329 e. The third-order valence-electron chi connectivity index (χ3n) is 5.08. The number of nitrogens with zero attached hydrogens (tertiary/aromatic N) is 2. The molecule has 4 rings (SSSR count). The number of amides is 1. The van der Waals surface area contributed by atoms with Crippen LogP contribution in [0.3, 0.4) is 0 Å². The predicted octanol–water partition coefficient (Wildman–Crippen LogP) is 3.02. The zero-order valence-electron chi connectivity index (χ0n) is 17.0. The van der Waals surface area contributed by atoms with Crippen LogP contribution in [0, 0.1) is 0 Å². The number of H-pyrrole nitrogens is 1. The van der Waals surface area contributed by atoms with Crippen LogP contribution in [0.4, 0.5) is 5.69 Å². The summed E-state index contributed by atoms with van der Waals surface area (Å²) >= 11 is 0. The molecule has 0 bridgehead atoms. The summed E-state index contributed by atoms with van der Waals surface area (Å²) in [4.78, 5) is 45.1. The summed E-state index contributed by atoms with van der Waals surface area (Å²) in [5, 5.41) is 2.97. The molecule has 0 unspecified atom stereocenters. The second-order valence-corrected chi connectivity index (χ2v) is 7.39. The van der Waals surface area contributed by atoms with Crippen LogP contribution in [0.15, 0.2) is 39.9 Å². The lowest BCUT2D eigenvalue weighted by Crippen LogP contribution is -2.32. The van der Waals surface area contributed by atoms with Gasteiger partial charge in [0.25, 0.3) is 11.5 Å². The largest absolute Gasteiger partial charge is 0.494 e. The Bertz CT molecular complexity index is 1210. The van der Waals surface area contributed by atoms with Gasteiger partial charge in [-0.1, -0.05) is 6.92 Å². The Labute approximate surface area is 172 Å². The molecule has 2 N–H and O–H groups in total. The molecule has 3 aromatic rings. The third kappa shape index (κ3) is 3.85. The number of ether oxygens (including phenoxy) is 1. The summed E-state index contributed by atoms with van der Waals surface area (Å²) in [5.41, 5.74) is 0.712. The number of benzene rings is 1. The Kier molecular flexibility index (Phi) is 5.39. The number of aryl methyl sites for hydroxylation is 1. The van der Waals surface area contributed by atoms with Gasteiger partial charge in [0, 0.05) is 23.8 Å². The van der Waals surface area contributed by atoms with Crippen LogP contribution < -0.4 is 21.3 Å². The fourth-order valence-electron chi connectivity index (χ4n) is 3.49. The second-order valence-electron chi connectivity index (χ2n) is 7.39. The van der Waals surface area contributed by atoms with Crippen molar-refractivity contribution < 1.29 is 9.53 Å². The van der Waals surface area contributed by atoms with E-state index in [2.05, 4.69) is 15.3 Å². The number of carbonyl (C=O) groups is 1. The van der Waals surface area contributed by atoms with E-state index < -0.39 is 17.2 Å². The lowest BCUT2D eigenvalue weighted by molar-refractivity contribution is 0.102. The van der Waals surface area contributed by atoms with Crippen molar-refractivity contribution in [1.29, 1.82) is 0 Å². The molecule has 1 aliphatic carbocycles. The number of hydrogen-bond donors (Lipinski definition) is 2. The van der Waals surface area contributed by atoms with Gasteiger partial charge in [0.2, 0.25) is 0 Å². The lowest BCUT2D eigenvalue weighted by Gasteiger charge is -2.13. The first-order valence-corrected chi connectivity index (χ1v) is 10.2. The molecular weight excluding hydrogens is 384 g/mol. The van der Waals surface area contributed by atoms with Crippen molar-refractivity contribution in [2.45, 2.75) is 45.6 Å². The molecule has 8 nitrogen and oxygen atoms in total. The molecule has 8 heteroatoms. The maximum absolute atomic E-state index is 13.1. The maximum atomic E-state index is 13.1. The third-order valence-corrected chi connectivity index (χ3v) is 5.08. The molecule has 0 radical (unpaired) electrons. The van der Waals surface area contributed by atoms with Crippen molar-refractivity contribution in [3.05, 3.63) is 62.4 Å². The molecule has 0 saturated heterocycles. The molecule has 1 aromatic carbocycles. The summed E-state index contributed by atoms with van der Waals surface area (Å²) in [6.07, 6.45) is 2.67. The van der Waals surface area contributed by atoms with E-state index in [1.54, 1.807) is 30.3 Å². The molecule has 1 aliphatic rings. The normalized spacial score (nSPS) is 13.4. The molecule has 1 fully saturated rings. The minimum Gasteiger partial charge on any atom is -0.494 e. The number of pyridine rings is 1. The minimum absolute atomic E-state index is 0.135. The van der Waals surface area contributed by atoms with E-state index in [0.717, 1.165) is 18.5 Å². The van der Waals surface area contributed by atoms with Crippen molar-refractivity contribution in [2.24, 2.45) is 0 Å². The zero-order valence-corrected chi connectivity index (χ0v) is 17.0. The topological polar surface area (TPSA) is 106 Å². The van der Waals surface area contributed by atoms with E-state index in [0.29, 0.717) is 31.0 Å². The summed E-state index contributed by atoms with van der Waals surface area (Å²) < 4.78 is 6.86. The average Bonchev–Trinajstić information content (AvgIpc) is 3.57. The van der Waals surface area contributed by atoms with Crippen LogP contribution in [0.5, 0.6) is 5.75 Å². The Morgan fingerprint density at radius 1 is 1.23 bits per heavy atom. The number of anilines is 1. The number of hydrogen-bond acceptors (Lipinski definition) is 5. The van der Waals surface area contributed by atoms with Crippen molar-refractivity contribution in [1.82, 2.24) is 14.5 Å². The molecule has 2 heterocycles. The van der Waals surface area contributed by atoms with Gasteiger partial charge in [-0.3, -0.25) is 19.1 Å². The van der Waals surface area contributed by atoms with Gasteiger partial charge in [0.1, 0.15) is 5.75 Å². The van der Waals surface area contributed by atoms with Crippen LogP contribution in [0.2, 0.25) is 0 Å². The number of fused-ring (bicyclic) bond motifs is 1. The van der Waals surface area contributed by atoms with Gasteiger partial charge in [-0.25, -0.2) is 9.78 Å². The first-order chi connectivity index (χ1) is 14.5. The first-order valence-electron chi connectivity index (χ1n) is 10.2. The molecule has 1 amide bonds. The van der Waals surface area contributed by atoms with E-state index in [1.807, 2.05) is 13.8 Å². The zero-order chi connectivity index (χ0) is 21.3. The quantitative estimate of drug-likeness (QED) is 0.625. The van der Waals surface area contributed by atoms with E-state index in [9.17, 15) is 14.4 Å². The fraction of sp³-hybridized carbons (Fsp3) is 0.364. The highest BCUT2D eigenvalue weighted by Crippen LogP contribution is 2.40. The van der Waals surface area contributed by atoms with E-state index in [-0.39, 0.29) is 22.5 Å². The molecule has 0 atom stereocenters. The van der Waals surface area contributed by atoms with Gasteiger partial charge >= 0.3 is 5.69 Å². The summed E-state index contributed by atoms with van der Waals surface area (Å²) in [7, 11) is 0. The van der Waals surface area contributed by atoms with Crippen molar-refractivity contribution in [3.63, 3.8) is 0 Å². The smallest absolute Gasteiger partial charge is 0.329 e. The van der Waals surface area contributed by atoms with Crippen LogP contribution in [0.25, 0.3) is 11.0 Å². The van der Waals surface area contributed by atoms with Crippen molar-refractivity contribution in [3.8, 4) is 5.75 Å². The van der Waals surface area contributed by atoms with Crippen LogP contribution in [-0.2, 0) is 6.54 Å². The number of rotatable bonds is 7. The highest BCUT2D eigenvalue weighted by molar-refractivity contribution is 6.11.